The molecule has 1 aromatic carbocycles. The van der Waals surface area contributed by atoms with Gasteiger partial charge in [-0.15, -0.1) is 0 Å². The van der Waals surface area contributed by atoms with Gasteiger partial charge in [0, 0.05) is 18.1 Å². The van der Waals surface area contributed by atoms with E-state index in [0.29, 0.717) is 21.2 Å². The Morgan fingerprint density at radius 2 is 2.17 bits per heavy atom. The number of ether oxygens (including phenoxy) is 1. The molecule has 96 valence electrons. The highest BCUT2D eigenvalue weighted by atomic mass is 127. The van der Waals surface area contributed by atoms with E-state index < -0.39 is 11.6 Å². The summed E-state index contributed by atoms with van der Waals surface area (Å²) in [5.74, 6) is -1.17. The lowest BCUT2D eigenvalue weighted by Gasteiger charge is -2.23. The molecule has 1 fully saturated rings. The number of fused-ring (bicyclic) bond motifs is 1. The molecular weight excluding hydrogens is 353 g/mol. The zero-order chi connectivity index (χ0) is 12.7. The first kappa shape index (κ1) is 12.3. The number of halogens is 3. The van der Waals surface area contributed by atoms with Crippen molar-refractivity contribution in [1.82, 2.24) is 9.78 Å². The van der Waals surface area contributed by atoms with Crippen LogP contribution in [0.2, 0.25) is 0 Å². The van der Waals surface area contributed by atoms with Gasteiger partial charge in [-0.05, 0) is 47.9 Å². The van der Waals surface area contributed by atoms with Crippen molar-refractivity contribution in [2.24, 2.45) is 0 Å². The van der Waals surface area contributed by atoms with Crippen molar-refractivity contribution in [1.29, 1.82) is 0 Å². The Morgan fingerprint density at radius 1 is 1.33 bits per heavy atom. The lowest BCUT2D eigenvalue weighted by atomic mass is 10.2. The molecule has 6 heteroatoms. The molecule has 0 amide bonds. The van der Waals surface area contributed by atoms with Crippen LogP contribution in [0.5, 0.6) is 0 Å². The normalized spacial score (nSPS) is 20.5. The summed E-state index contributed by atoms with van der Waals surface area (Å²) >= 11 is 1.99. The van der Waals surface area contributed by atoms with Crippen LogP contribution in [0.15, 0.2) is 12.1 Å². The zero-order valence-electron chi connectivity index (χ0n) is 9.50. The van der Waals surface area contributed by atoms with Crippen molar-refractivity contribution in [3.8, 4) is 0 Å². The summed E-state index contributed by atoms with van der Waals surface area (Å²) in [6.45, 7) is 0.658. The minimum absolute atomic E-state index is 0.246. The lowest BCUT2D eigenvalue weighted by molar-refractivity contribution is -0.0371. The molecule has 0 radical (unpaired) electrons. The summed E-state index contributed by atoms with van der Waals surface area (Å²) in [5, 5.41) is 4.79. The van der Waals surface area contributed by atoms with Gasteiger partial charge in [0.1, 0.15) is 15.0 Å². The number of rotatable bonds is 1. The second-order valence-electron chi connectivity index (χ2n) is 4.34. The fraction of sp³-hybridized carbons (Fsp3) is 0.417. The minimum Gasteiger partial charge on any atom is -0.356 e. The zero-order valence-corrected chi connectivity index (χ0v) is 11.7. The summed E-state index contributed by atoms with van der Waals surface area (Å²) in [4.78, 5) is 0. The Kier molecular flexibility index (Phi) is 3.23. The van der Waals surface area contributed by atoms with Gasteiger partial charge in [-0.2, -0.15) is 5.10 Å². The summed E-state index contributed by atoms with van der Waals surface area (Å²) in [6, 6.07) is 2.20. The third-order valence-corrected chi connectivity index (χ3v) is 3.90. The quantitative estimate of drug-likeness (QED) is 0.723. The average Bonchev–Trinajstić information content (AvgIpc) is 2.68. The van der Waals surface area contributed by atoms with Crippen LogP contribution in [0.4, 0.5) is 8.78 Å². The topological polar surface area (TPSA) is 27.1 Å². The van der Waals surface area contributed by atoms with Crippen molar-refractivity contribution in [3.05, 3.63) is 27.5 Å². The first-order valence-electron chi connectivity index (χ1n) is 5.81. The van der Waals surface area contributed by atoms with Crippen LogP contribution in [-0.4, -0.2) is 16.4 Å². The monoisotopic (exact) mass is 364 g/mol. The van der Waals surface area contributed by atoms with Crippen LogP contribution in [-0.2, 0) is 4.74 Å². The second kappa shape index (κ2) is 4.73. The summed E-state index contributed by atoms with van der Waals surface area (Å²) in [5.41, 5.74) is 0.327. The largest absolute Gasteiger partial charge is 0.356 e. The molecule has 1 atom stereocenters. The molecule has 1 aromatic heterocycles. The van der Waals surface area contributed by atoms with Crippen LogP contribution in [0.25, 0.3) is 10.9 Å². The Labute approximate surface area is 116 Å². The van der Waals surface area contributed by atoms with Crippen LogP contribution in [0, 0.1) is 15.3 Å². The molecule has 1 unspecified atom stereocenters. The molecule has 2 heterocycles. The van der Waals surface area contributed by atoms with E-state index >= 15 is 0 Å². The molecule has 0 aliphatic carbocycles. The van der Waals surface area contributed by atoms with Crippen molar-refractivity contribution in [2.75, 3.05) is 6.61 Å². The third kappa shape index (κ3) is 2.01. The van der Waals surface area contributed by atoms with E-state index in [-0.39, 0.29) is 6.23 Å². The third-order valence-electron chi connectivity index (χ3n) is 3.10. The molecule has 0 bridgehead atoms. The fourth-order valence-corrected chi connectivity index (χ4v) is 2.92. The maximum Gasteiger partial charge on any atom is 0.152 e. The first-order valence-corrected chi connectivity index (χ1v) is 6.89. The van der Waals surface area contributed by atoms with Crippen molar-refractivity contribution in [2.45, 2.75) is 25.5 Å². The minimum atomic E-state index is -0.588. The van der Waals surface area contributed by atoms with Crippen molar-refractivity contribution in [3.63, 3.8) is 0 Å². The number of hydrogen-bond donors (Lipinski definition) is 0. The van der Waals surface area contributed by atoms with Gasteiger partial charge in [-0.25, -0.2) is 13.5 Å². The highest BCUT2D eigenvalue weighted by Crippen LogP contribution is 2.30. The van der Waals surface area contributed by atoms with Gasteiger partial charge in [0.15, 0.2) is 12.0 Å². The van der Waals surface area contributed by atoms with E-state index in [1.165, 1.54) is 6.07 Å². The van der Waals surface area contributed by atoms with E-state index in [2.05, 4.69) is 5.10 Å². The molecule has 1 aliphatic rings. The predicted molar refractivity (Wildman–Crippen MR) is 71.2 cm³/mol. The SMILES string of the molecule is Fc1cc(F)c2c(c1)c(I)nn2C1CCCCO1. The fourth-order valence-electron chi connectivity index (χ4n) is 2.28. The van der Waals surface area contributed by atoms with E-state index in [1.54, 1.807) is 4.68 Å². The van der Waals surface area contributed by atoms with Gasteiger partial charge in [-0.1, -0.05) is 0 Å². The van der Waals surface area contributed by atoms with Gasteiger partial charge in [0.05, 0.1) is 0 Å². The number of aromatic nitrogens is 2. The second-order valence-corrected chi connectivity index (χ2v) is 5.36. The molecule has 2 aromatic rings. The van der Waals surface area contributed by atoms with Gasteiger partial charge in [0.2, 0.25) is 0 Å². The predicted octanol–water partition coefficient (Wildman–Crippen LogP) is 3.62. The van der Waals surface area contributed by atoms with E-state index in [9.17, 15) is 8.78 Å². The Balaban J connectivity index is 2.17. The smallest absolute Gasteiger partial charge is 0.152 e. The number of nitrogens with zero attached hydrogens (tertiary/aromatic N) is 2. The van der Waals surface area contributed by atoms with Crippen molar-refractivity contribution < 1.29 is 13.5 Å². The van der Waals surface area contributed by atoms with Gasteiger partial charge >= 0.3 is 0 Å². The molecule has 0 N–H and O–H groups in total. The summed E-state index contributed by atoms with van der Waals surface area (Å²) in [6.07, 6.45) is 2.61. The van der Waals surface area contributed by atoms with Gasteiger partial charge in [0.25, 0.3) is 0 Å². The molecular formula is C12H11F2IN2O. The molecule has 18 heavy (non-hydrogen) atoms. The van der Waals surface area contributed by atoms with Crippen LogP contribution in [0.3, 0.4) is 0 Å². The van der Waals surface area contributed by atoms with Gasteiger partial charge in [-0.3, -0.25) is 0 Å². The summed E-state index contributed by atoms with van der Waals surface area (Å²) in [7, 11) is 0. The maximum atomic E-state index is 13.9. The highest BCUT2D eigenvalue weighted by Gasteiger charge is 2.22. The molecule has 1 aliphatic heterocycles. The molecule has 1 saturated heterocycles. The lowest BCUT2D eigenvalue weighted by Crippen LogP contribution is -2.19. The van der Waals surface area contributed by atoms with E-state index in [0.717, 1.165) is 25.3 Å². The van der Waals surface area contributed by atoms with Crippen molar-refractivity contribution >= 4 is 33.5 Å². The Bertz CT molecular complexity index is 593. The van der Waals surface area contributed by atoms with Crippen LogP contribution < -0.4 is 0 Å². The Morgan fingerprint density at radius 3 is 2.89 bits per heavy atom. The molecule has 0 saturated carbocycles. The van der Waals surface area contributed by atoms with Gasteiger partial charge < -0.3 is 4.74 Å². The molecule has 3 rings (SSSR count). The van der Waals surface area contributed by atoms with E-state index in [1.807, 2.05) is 22.6 Å². The standard InChI is InChI=1S/C12H11F2IN2O/c13-7-5-8-11(9(14)6-7)17(16-12(8)15)10-3-1-2-4-18-10/h5-6,10H,1-4H2. The van der Waals surface area contributed by atoms with Crippen LogP contribution >= 0.6 is 22.6 Å². The Hall–Kier alpha value is -0.760. The number of benzene rings is 1. The maximum absolute atomic E-state index is 13.9. The average molecular weight is 364 g/mol. The molecule has 0 spiro atoms. The first-order chi connectivity index (χ1) is 8.66. The highest BCUT2D eigenvalue weighted by molar-refractivity contribution is 14.1. The number of hydrogen-bond acceptors (Lipinski definition) is 2. The van der Waals surface area contributed by atoms with E-state index in [4.69, 9.17) is 4.74 Å². The molecule has 3 nitrogen and oxygen atoms in total. The summed E-state index contributed by atoms with van der Waals surface area (Å²) < 4.78 is 34.9. The van der Waals surface area contributed by atoms with Crippen LogP contribution in [0.1, 0.15) is 25.5 Å².